The van der Waals surface area contributed by atoms with Crippen molar-refractivity contribution in [2.45, 2.75) is 51.3 Å². The predicted octanol–water partition coefficient (Wildman–Crippen LogP) is 2.35. The van der Waals surface area contributed by atoms with E-state index >= 15 is 0 Å². The fourth-order valence-electron chi connectivity index (χ4n) is 4.43. The highest BCUT2D eigenvalue weighted by atomic mass is 127. The number of hydrogen-bond donors (Lipinski definition) is 2. The van der Waals surface area contributed by atoms with Crippen LogP contribution in [0.3, 0.4) is 0 Å². The van der Waals surface area contributed by atoms with Gasteiger partial charge >= 0.3 is 0 Å². The molecule has 3 fully saturated rings. The number of anilines is 1. The van der Waals surface area contributed by atoms with E-state index in [0.29, 0.717) is 19.0 Å². The van der Waals surface area contributed by atoms with E-state index in [-0.39, 0.29) is 36.0 Å². The first-order valence-electron chi connectivity index (χ1n) is 11.0. The molecule has 3 aliphatic rings. The molecule has 2 unspecified atom stereocenters. The van der Waals surface area contributed by atoms with Crippen LogP contribution in [0, 0.1) is 0 Å². The monoisotopic (exact) mass is 527 g/mol. The zero-order chi connectivity index (χ0) is 20.1. The molecule has 1 amide bonds. The van der Waals surface area contributed by atoms with Gasteiger partial charge in [0.25, 0.3) is 0 Å². The SMILES string of the molecule is CCNC(=NCc1ccc(N2CCCC2=O)cc1)NCC1CN2CCCC2CO1.I. The van der Waals surface area contributed by atoms with Crippen LogP contribution in [0.25, 0.3) is 0 Å². The lowest BCUT2D eigenvalue weighted by Gasteiger charge is -2.35. The van der Waals surface area contributed by atoms with Crippen LogP contribution in [-0.4, -0.2) is 68.2 Å². The van der Waals surface area contributed by atoms with Gasteiger partial charge in [-0.2, -0.15) is 0 Å². The molecule has 8 heteroatoms. The van der Waals surface area contributed by atoms with E-state index in [0.717, 1.165) is 56.4 Å². The number of amides is 1. The summed E-state index contributed by atoms with van der Waals surface area (Å²) in [7, 11) is 0. The maximum absolute atomic E-state index is 11.9. The Kier molecular flexibility index (Phi) is 8.76. The van der Waals surface area contributed by atoms with Crippen molar-refractivity contribution in [2.24, 2.45) is 4.99 Å². The maximum Gasteiger partial charge on any atom is 0.227 e. The maximum atomic E-state index is 11.9. The van der Waals surface area contributed by atoms with Crippen molar-refractivity contribution in [1.29, 1.82) is 0 Å². The van der Waals surface area contributed by atoms with Gasteiger partial charge in [-0.05, 0) is 50.4 Å². The Morgan fingerprint density at radius 3 is 2.77 bits per heavy atom. The highest BCUT2D eigenvalue weighted by molar-refractivity contribution is 14.0. The number of carbonyl (C=O) groups excluding carboxylic acids is 1. The average molecular weight is 527 g/mol. The van der Waals surface area contributed by atoms with Crippen molar-refractivity contribution in [1.82, 2.24) is 15.5 Å². The average Bonchev–Trinajstić information content (AvgIpc) is 3.39. The van der Waals surface area contributed by atoms with Gasteiger partial charge in [0.1, 0.15) is 0 Å². The van der Waals surface area contributed by atoms with Crippen molar-refractivity contribution in [3.8, 4) is 0 Å². The number of halogens is 1. The van der Waals surface area contributed by atoms with E-state index in [9.17, 15) is 4.79 Å². The number of ether oxygens (including phenoxy) is 1. The van der Waals surface area contributed by atoms with Gasteiger partial charge in [0.05, 0.1) is 19.3 Å². The Balaban J connectivity index is 0.00000256. The zero-order valence-corrected chi connectivity index (χ0v) is 20.1. The fourth-order valence-corrected chi connectivity index (χ4v) is 4.43. The number of morpholine rings is 1. The summed E-state index contributed by atoms with van der Waals surface area (Å²) in [6, 6.07) is 8.80. The molecular weight excluding hydrogens is 493 g/mol. The first kappa shape index (κ1) is 23.3. The third-order valence-electron chi connectivity index (χ3n) is 6.04. The standard InChI is InChI=1S/C22H33N5O2.HI/c1-2-23-22(25-14-20-15-26-11-3-5-19(26)16-29-20)24-13-17-7-9-18(10-8-17)27-12-4-6-21(27)28;/h7-10,19-20H,2-6,11-16H2,1H3,(H2,23,24,25);1H. The first-order chi connectivity index (χ1) is 14.2. The predicted molar refractivity (Wildman–Crippen MR) is 131 cm³/mol. The number of benzene rings is 1. The van der Waals surface area contributed by atoms with Gasteiger partial charge in [-0.3, -0.25) is 9.69 Å². The number of guanidine groups is 1. The normalized spacial score (nSPS) is 24.5. The van der Waals surface area contributed by atoms with Gasteiger partial charge in [-0.25, -0.2) is 4.99 Å². The largest absolute Gasteiger partial charge is 0.373 e. The van der Waals surface area contributed by atoms with Gasteiger partial charge in [-0.15, -0.1) is 24.0 Å². The van der Waals surface area contributed by atoms with Crippen LogP contribution in [0.5, 0.6) is 0 Å². The minimum absolute atomic E-state index is 0. The number of carbonyl (C=O) groups is 1. The molecule has 3 heterocycles. The number of rotatable bonds is 6. The molecule has 3 saturated heterocycles. The Morgan fingerprint density at radius 1 is 1.20 bits per heavy atom. The summed E-state index contributed by atoms with van der Waals surface area (Å²) in [6.45, 7) is 8.16. The lowest BCUT2D eigenvalue weighted by molar-refractivity contribution is -0.117. The van der Waals surface area contributed by atoms with Crippen LogP contribution in [0.2, 0.25) is 0 Å². The van der Waals surface area contributed by atoms with Crippen LogP contribution in [-0.2, 0) is 16.1 Å². The Morgan fingerprint density at radius 2 is 2.03 bits per heavy atom. The summed E-state index contributed by atoms with van der Waals surface area (Å²) < 4.78 is 6.03. The minimum Gasteiger partial charge on any atom is -0.373 e. The molecule has 2 N–H and O–H groups in total. The van der Waals surface area contributed by atoms with Crippen molar-refractivity contribution in [3.63, 3.8) is 0 Å². The van der Waals surface area contributed by atoms with Gasteiger partial charge in [-0.1, -0.05) is 12.1 Å². The number of hydrogen-bond acceptors (Lipinski definition) is 4. The highest BCUT2D eigenvalue weighted by Gasteiger charge is 2.32. The first-order valence-corrected chi connectivity index (χ1v) is 11.0. The number of fused-ring (bicyclic) bond motifs is 1. The molecule has 0 aromatic heterocycles. The van der Waals surface area contributed by atoms with Crippen molar-refractivity contribution in [3.05, 3.63) is 29.8 Å². The van der Waals surface area contributed by atoms with Crippen LogP contribution < -0.4 is 15.5 Å². The quantitative estimate of drug-likeness (QED) is 0.338. The molecule has 3 aliphatic heterocycles. The van der Waals surface area contributed by atoms with E-state index in [2.05, 4.69) is 34.6 Å². The van der Waals surface area contributed by atoms with Crippen molar-refractivity contribution >= 4 is 41.5 Å². The van der Waals surface area contributed by atoms with Gasteiger partial charge in [0.15, 0.2) is 5.96 Å². The molecule has 0 spiro atoms. The topological polar surface area (TPSA) is 69.2 Å². The number of aliphatic imine (C=N–C) groups is 1. The summed E-state index contributed by atoms with van der Waals surface area (Å²) in [5.74, 6) is 1.04. The minimum atomic E-state index is 0. The molecule has 166 valence electrons. The molecule has 30 heavy (non-hydrogen) atoms. The van der Waals surface area contributed by atoms with Crippen LogP contribution in [0.4, 0.5) is 5.69 Å². The fraction of sp³-hybridized carbons (Fsp3) is 0.636. The third kappa shape index (κ3) is 5.85. The number of nitrogens with zero attached hydrogens (tertiary/aromatic N) is 3. The van der Waals surface area contributed by atoms with Crippen LogP contribution in [0.1, 0.15) is 38.2 Å². The summed E-state index contributed by atoms with van der Waals surface area (Å²) in [5, 5.41) is 6.75. The summed E-state index contributed by atoms with van der Waals surface area (Å²) in [6.07, 6.45) is 4.39. The lowest BCUT2D eigenvalue weighted by atomic mass is 10.2. The van der Waals surface area contributed by atoms with Crippen molar-refractivity contribution < 1.29 is 9.53 Å². The molecule has 1 aromatic carbocycles. The summed E-state index contributed by atoms with van der Waals surface area (Å²) in [4.78, 5) is 21.0. The molecule has 7 nitrogen and oxygen atoms in total. The Bertz CT molecular complexity index is 727. The second kappa shape index (κ2) is 11.3. The highest BCUT2D eigenvalue weighted by Crippen LogP contribution is 2.23. The molecule has 0 radical (unpaired) electrons. The van der Waals surface area contributed by atoms with E-state index in [4.69, 9.17) is 9.73 Å². The lowest BCUT2D eigenvalue weighted by Crippen LogP contribution is -2.51. The molecule has 4 rings (SSSR count). The zero-order valence-electron chi connectivity index (χ0n) is 17.8. The molecule has 0 saturated carbocycles. The molecular formula is C22H34IN5O2. The van der Waals surface area contributed by atoms with Gasteiger partial charge < -0.3 is 20.3 Å². The molecule has 0 bridgehead atoms. The van der Waals surface area contributed by atoms with Crippen LogP contribution >= 0.6 is 24.0 Å². The smallest absolute Gasteiger partial charge is 0.227 e. The van der Waals surface area contributed by atoms with Gasteiger partial charge in [0.2, 0.25) is 5.91 Å². The van der Waals surface area contributed by atoms with E-state index in [1.54, 1.807) is 0 Å². The second-order valence-corrected chi connectivity index (χ2v) is 8.14. The molecule has 2 atom stereocenters. The molecule has 1 aromatic rings. The third-order valence-corrected chi connectivity index (χ3v) is 6.04. The van der Waals surface area contributed by atoms with E-state index < -0.39 is 0 Å². The summed E-state index contributed by atoms with van der Waals surface area (Å²) in [5.41, 5.74) is 2.12. The number of nitrogens with one attached hydrogen (secondary N) is 2. The Hall–Kier alpha value is -1.39. The van der Waals surface area contributed by atoms with E-state index in [1.807, 2.05) is 17.0 Å². The molecule has 0 aliphatic carbocycles. The van der Waals surface area contributed by atoms with E-state index in [1.165, 1.54) is 19.4 Å². The van der Waals surface area contributed by atoms with Crippen LogP contribution in [0.15, 0.2) is 29.3 Å². The second-order valence-electron chi connectivity index (χ2n) is 8.14. The van der Waals surface area contributed by atoms with Gasteiger partial charge in [0, 0.05) is 44.3 Å². The Labute approximate surface area is 196 Å². The summed E-state index contributed by atoms with van der Waals surface area (Å²) >= 11 is 0. The van der Waals surface area contributed by atoms with Crippen molar-refractivity contribution in [2.75, 3.05) is 44.2 Å².